The highest BCUT2D eigenvalue weighted by Crippen LogP contribution is 2.42. The third-order valence-corrected chi connectivity index (χ3v) is 6.67. The summed E-state index contributed by atoms with van der Waals surface area (Å²) in [5.41, 5.74) is 2.89. The molecule has 0 aliphatic carbocycles. The van der Waals surface area contributed by atoms with Crippen LogP contribution in [0, 0.1) is 5.82 Å². The third kappa shape index (κ3) is 3.56. The van der Waals surface area contributed by atoms with Crippen molar-refractivity contribution in [3.63, 3.8) is 0 Å². The van der Waals surface area contributed by atoms with Gasteiger partial charge in [0.15, 0.2) is 11.5 Å². The number of Topliss-reactive ketones (excluding diaryl/α,β-unsaturated/α-hetero) is 1. The normalized spacial score (nSPS) is 16.0. The summed E-state index contributed by atoms with van der Waals surface area (Å²) in [6, 6.07) is 21.7. The van der Waals surface area contributed by atoms with Crippen LogP contribution >= 0.6 is 0 Å². The Morgan fingerprint density at radius 2 is 1.78 bits per heavy atom. The number of aromatic amines is 1. The van der Waals surface area contributed by atoms with Gasteiger partial charge >= 0.3 is 0 Å². The van der Waals surface area contributed by atoms with E-state index in [0.29, 0.717) is 17.6 Å². The Morgan fingerprint density at radius 1 is 1.03 bits per heavy atom. The number of carbonyl (C=O) groups excluding carboxylic acids is 2. The minimum absolute atomic E-state index is 0.0251. The average molecular weight is 480 g/mol. The molecular formula is C29H21FN2O4. The van der Waals surface area contributed by atoms with Gasteiger partial charge in [0.1, 0.15) is 11.4 Å². The summed E-state index contributed by atoms with van der Waals surface area (Å²) in [7, 11) is 0. The molecule has 36 heavy (non-hydrogen) atoms. The Kier molecular flexibility index (Phi) is 5.18. The molecule has 6 rings (SSSR count). The molecule has 1 aliphatic rings. The molecule has 0 fully saturated rings. The third-order valence-electron chi connectivity index (χ3n) is 6.67. The van der Waals surface area contributed by atoms with Crippen LogP contribution in [0.5, 0.6) is 0 Å². The molecule has 2 N–H and O–H groups in total. The van der Waals surface area contributed by atoms with Crippen molar-refractivity contribution in [3.05, 3.63) is 119 Å². The zero-order valence-electron chi connectivity index (χ0n) is 19.1. The SMILES string of the molecule is O=C(C1=C(O)C(=O)N(CCc2ccc(F)cc2)C1c1c[nH]c2ccccc12)c1cc2ccccc2o1. The number of fused-ring (bicyclic) bond motifs is 2. The second-order valence-electron chi connectivity index (χ2n) is 8.81. The van der Waals surface area contributed by atoms with E-state index in [4.69, 9.17) is 4.42 Å². The van der Waals surface area contributed by atoms with Gasteiger partial charge in [-0.05, 0) is 42.3 Å². The van der Waals surface area contributed by atoms with Gasteiger partial charge in [0.05, 0.1) is 11.6 Å². The van der Waals surface area contributed by atoms with Gasteiger partial charge in [0, 0.05) is 34.6 Å². The number of benzene rings is 3. The molecule has 0 saturated heterocycles. The highest BCUT2D eigenvalue weighted by atomic mass is 19.1. The van der Waals surface area contributed by atoms with E-state index in [1.165, 1.54) is 17.0 Å². The highest BCUT2D eigenvalue weighted by molar-refractivity contribution is 6.16. The molecule has 0 saturated carbocycles. The fraction of sp³-hybridized carbons (Fsp3) is 0.103. The zero-order valence-corrected chi connectivity index (χ0v) is 19.1. The first-order valence-electron chi connectivity index (χ1n) is 11.6. The number of carbonyl (C=O) groups is 2. The van der Waals surface area contributed by atoms with Gasteiger partial charge in [0.25, 0.3) is 5.91 Å². The van der Waals surface area contributed by atoms with Crippen LogP contribution in [0.25, 0.3) is 21.9 Å². The lowest BCUT2D eigenvalue weighted by Crippen LogP contribution is -2.33. The minimum Gasteiger partial charge on any atom is -0.503 e. The quantitative estimate of drug-likeness (QED) is 0.298. The van der Waals surface area contributed by atoms with Crippen molar-refractivity contribution in [2.75, 3.05) is 6.54 Å². The highest BCUT2D eigenvalue weighted by Gasteiger charge is 2.45. The van der Waals surface area contributed by atoms with Crippen LogP contribution in [0.1, 0.15) is 27.7 Å². The predicted molar refractivity (Wildman–Crippen MR) is 133 cm³/mol. The van der Waals surface area contributed by atoms with Gasteiger partial charge in [-0.1, -0.05) is 48.5 Å². The maximum atomic E-state index is 13.7. The van der Waals surface area contributed by atoms with Crippen LogP contribution in [0.4, 0.5) is 4.39 Å². The van der Waals surface area contributed by atoms with Crippen LogP contribution in [0.15, 0.2) is 101 Å². The maximum absolute atomic E-state index is 13.7. The molecule has 3 aromatic carbocycles. The summed E-state index contributed by atoms with van der Waals surface area (Å²) in [5, 5.41) is 12.6. The summed E-state index contributed by atoms with van der Waals surface area (Å²) in [4.78, 5) is 31.7. The number of hydrogen-bond donors (Lipinski definition) is 2. The number of halogens is 1. The molecule has 1 aliphatic heterocycles. The zero-order chi connectivity index (χ0) is 24.8. The number of rotatable bonds is 6. The Hall–Kier alpha value is -4.65. The standard InChI is InChI=1S/C29H21FN2O4/c30-19-11-9-17(10-12-19)13-14-32-26(21-16-31-22-7-3-2-6-20(21)22)25(28(34)29(32)35)27(33)24-15-18-5-1-4-8-23(18)36-24/h1-12,15-16,26,31,34H,13-14H2. The molecule has 1 unspecified atom stereocenters. The van der Waals surface area contributed by atoms with Crippen LogP contribution in [-0.2, 0) is 11.2 Å². The Labute approximate surface area is 205 Å². The number of nitrogens with one attached hydrogen (secondary N) is 1. The number of nitrogens with zero attached hydrogens (tertiary/aromatic N) is 1. The van der Waals surface area contributed by atoms with Gasteiger partial charge in [-0.2, -0.15) is 0 Å². The fourth-order valence-electron chi connectivity index (χ4n) is 4.89. The van der Waals surface area contributed by atoms with E-state index in [-0.39, 0.29) is 23.7 Å². The summed E-state index contributed by atoms with van der Waals surface area (Å²) < 4.78 is 19.1. The topological polar surface area (TPSA) is 86.5 Å². The first-order valence-corrected chi connectivity index (χ1v) is 11.6. The second kappa shape index (κ2) is 8.53. The smallest absolute Gasteiger partial charge is 0.290 e. The number of hydrogen-bond acceptors (Lipinski definition) is 4. The van der Waals surface area contributed by atoms with E-state index in [1.54, 1.807) is 30.5 Å². The van der Waals surface area contributed by atoms with Crippen molar-refractivity contribution < 1.29 is 23.5 Å². The first-order chi connectivity index (χ1) is 17.5. The molecule has 0 spiro atoms. The molecule has 5 aromatic rings. The minimum atomic E-state index is -0.824. The van der Waals surface area contributed by atoms with Crippen molar-refractivity contribution >= 4 is 33.6 Å². The molecule has 178 valence electrons. The monoisotopic (exact) mass is 480 g/mol. The predicted octanol–water partition coefficient (Wildman–Crippen LogP) is 5.87. The Bertz CT molecular complexity index is 1630. The van der Waals surface area contributed by atoms with E-state index < -0.39 is 23.5 Å². The summed E-state index contributed by atoms with van der Waals surface area (Å²) in [6.07, 6.45) is 2.18. The first kappa shape index (κ1) is 21.9. The number of furan rings is 1. The molecule has 0 bridgehead atoms. The van der Waals surface area contributed by atoms with E-state index in [0.717, 1.165) is 21.9 Å². The average Bonchev–Trinajstić information content (AvgIpc) is 3.58. The largest absolute Gasteiger partial charge is 0.503 e. The van der Waals surface area contributed by atoms with Gasteiger partial charge in [-0.25, -0.2) is 4.39 Å². The molecule has 0 radical (unpaired) electrons. The van der Waals surface area contributed by atoms with Gasteiger partial charge in [0.2, 0.25) is 5.78 Å². The summed E-state index contributed by atoms with van der Waals surface area (Å²) >= 11 is 0. The van der Waals surface area contributed by atoms with E-state index in [1.807, 2.05) is 42.5 Å². The van der Waals surface area contributed by atoms with Crippen molar-refractivity contribution in [2.45, 2.75) is 12.5 Å². The Balaban J connectivity index is 1.43. The number of para-hydroxylation sites is 2. The lowest BCUT2D eigenvalue weighted by molar-refractivity contribution is -0.129. The van der Waals surface area contributed by atoms with Crippen LogP contribution in [0.2, 0.25) is 0 Å². The van der Waals surface area contributed by atoms with Gasteiger partial charge in [-0.15, -0.1) is 0 Å². The Morgan fingerprint density at radius 3 is 2.58 bits per heavy atom. The summed E-state index contributed by atoms with van der Waals surface area (Å²) in [6.45, 7) is 0.218. The van der Waals surface area contributed by atoms with E-state index >= 15 is 0 Å². The molecule has 3 heterocycles. The van der Waals surface area contributed by atoms with Crippen molar-refractivity contribution in [1.82, 2.24) is 9.88 Å². The van der Waals surface area contributed by atoms with E-state index in [9.17, 15) is 19.1 Å². The molecule has 1 amide bonds. The van der Waals surface area contributed by atoms with Crippen LogP contribution in [-0.4, -0.2) is 33.2 Å². The van der Waals surface area contributed by atoms with Crippen LogP contribution < -0.4 is 0 Å². The lowest BCUT2D eigenvalue weighted by atomic mass is 9.94. The number of aromatic nitrogens is 1. The number of aliphatic hydroxyl groups excluding tert-OH is 1. The van der Waals surface area contributed by atoms with Gasteiger partial charge < -0.3 is 19.4 Å². The molecular weight excluding hydrogens is 459 g/mol. The lowest BCUT2D eigenvalue weighted by Gasteiger charge is -2.26. The van der Waals surface area contributed by atoms with Crippen LogP contribution in [0.3, 0.4) is 0 Å². The number of ketones is 1. The van der Waals surface area contributed by atoms with Crippen molar-refractivity contribution in [1.29, 1.82) is 0 Å². The number of aliphatic hydroxyl groups is 1. The van der Waals surface area contributed by atoms with Crippen molar-refractivity contribution in [3.8, 4) is 0 Å². The number of amides is 1. The van der Waals surface area contributed by atoms with E-state index in [2.05, 4.69) is 4.98 Å². The van der Waals surface area contributed by atoms with Crippen molar-refractivity contribution in [2.24, 2.45) is 0 Å². The maximum Gasteiger partial charge on any atom is 0.290 e. The molecule has 1 atom stereocenters. The fourth-order valence-corrected chi connectivity index (χ4v) is 4.89. The second-order valence-corrected chi connectivity index (χ2v) is 8.81. The summed E-state index contributed by atoms with van der Waals surface area (Å²) in [5.74, 6) is -2.06. The molecule has 7 heteroatoms. The molecule has 2 aromatic heterocycles. The number of H-pyrrole nitrogens is 1. The molecule has 6 nitrogen and oxygen atoms in total. The van der Waals surface area contributed by atoms with Gasteiger partial charge in [-0.3, -0.25) is 9.59 Å².